The average Bonchev–Trinajstić information content (AvgIpc) is 2.75. The quantitative estimate of drug-likeness (QED) is 0.798. The van der Waals surface area contributed by atoms with E-state index in [-0.39, 0.29) is 0 Å². The van der Waals surface area contributed by atoms with Crippen LogP contribution in [0.5, 0.6) is 0 Å². The number of hydrogen-bond donors (Lipinski definition) is 0. The van der Waals surface area contributed by atoms with Crippen LogP contribution in [0.1, 0.15) is 24.6 Å². The van der Waals surface area contributed by atoms with Crippen molar-refractivity contribution in [1.82, 2.24) is 9.38 Å². The molecule has 0 N–H and O–H groups in total. The van der Waals surface area contributed by atoms with E-state index >= 15 is 0 Å². The topological polar surface area (TPSA) is 17.3 Å². The van der Waals surface area contributed by atoms with Crippen molar-refractivity contribution >= 4 is 33.2 Å². The first-order valence-corrected chi connectivity index (χ1v) is 7.50. The lowest BCUT2D eigenvalue weighted by Gasteiger charge is -2.20. The zero-order valence-corrected chi connectivity index (χ0v) is 11.3. The van der Waals surface area contributed by atoms with Gasteiger partial charge in [-0.3, -0.25) is 0 Å². The van der Waals surface area contributed by atoms with Crippen molar-refractivity contribution in [3.8, 4) is 0 Å². The summed E-state index contributed by atoms with van der Waals surface area (Å²) in [6, 6.07) is 4.13. The van der Waals surface area contributed by atoms with Crippen molar-refractivity contribution in [3.63, 3.8) is 0 Å². The normalized spacial score (nSPS) is 21.4. The fourth-order valence-electron chi connectivity index (χ4n) is 2.25. The molecule has 1 aliphatic rings. The van der Waals surface area contributed by atoms with Crippen molar-refractivity contribution in [2.75, 3.05) is 11.5 Å². The number of halogens is 1. The molecule has 1 atom stereocenters. The summed E-state index contributed by atoms with van der Waals surface area (Å²) in [5, 5.41) is 0. The minimum Gasteiger partial charge on any atom is -0.302 e. The molecule has 1 saturated heterocycles. The predicted molar refractivity (Wildman–Crippen MR) is 72.2 cm³/mol. The molecule has 0 spiro atoms. The summed E-state index contributed by atoms with van der Waals surface area (Å²) >= 11 is 5.62. The largest absolute Gasteiger partial charge is 0.302 e. The van der Waals surface area contributed by atoms with E-state index in [4.69, 9.17) is 0 Å². The predicted octanol–water partition coefficient (Wildman–Crippen LogP) is 3.71. The number of hydrogen-bond acceptors (Lipinski definition) is 2. The second-order valence-corrected chi connectivity index (χ2v) is 6.15. The number of rotatable bonds is 1. The summed E-state index contributed by atoms with van der Waals surface area (Å²) in [5.74, 6) is 4.37. The van der Waals surface area contributed by atoms with E-state index in [0.29, 0.717) is 5.92 Å². The summed E-state index contributed by atoms with van der Waals surface area (Å²) in [4.78, 5) is 4.60. The van der Waals surface area contributed by atoms with Gasteiger partial charge in [-0.1, -0.05) is 0 Å². The van der Waals surface area contributed by atoms with E-state index in [0.717, 1.165) is 4.47 Å². The van der Waals surface area contributed by atoms with Gasteiger partial charge in [0.05, 0.1) is 11.7 Å². The van der Waals surface area contributed by atoms with E-state index in [2.05, 4.69) is 43.6 Å². The molecule has 3 heterocycles. The van der Waals surface area contributed by atoms with Crippen molar-refractivity contribution in [2.24, 2.45) is 0 Å². The number of fused-ring (bicyclic) bond motifs is 1. The highest BCUT2D eigenvalue weighted by Crippen LogP contribution is 2.31. The minimum absolute atomic E-state index is 0.621. The third-order valence-corrected chi connectivity index (χ3v) is 4.96. The molecule has 0 saturated carbocycles. The maximum atomic E-state index is 4.60. The SMILES string of the molecule is Brc1cccn2c(C3CCCSC3)ncc12. The monoisotopic (exact) mass is 296 g/mol. The van der Waals surface area contributed by atoms with Crippen LogP contribution >= 0.6 is 27.7 Å². The highest BCUT2D eigenvalue weighted by molar-refractivity contribution is 9.10. The molecule has 2 nitrogen and oxygen atoms in total. The summed E-state index contributed by atoms with van der Waals surface area (Å²) in [5.41, 5.74) is 1.17. The zero-order valence-electron chi connectivity index (χ0n) is 8.90. The van der Waals surface area contributed by atoms with Crippen LogP contribution in [0.4, 0.5) is 0 Å². The van der Waals surface area contributed by atoms with Gasteiger partial charge in [-0.05, 0) is 46.7 Å². The smallest absolute Gasteiger partial charge is 0.117 e. The maximum Gasteiger partial charge on any atom is 0.117 e. The molecule has 0 aromatic carbocycles. The molecule has 0 aliphatic carbocycles. The molecule has 2 aromatic rings. The van der Waals surface area contributed by atoms with E-state index in [1.165, 1.54) is 35.7 Å². The lowest BCUT2D eigenvalue weighted by molar-refractivity contribution is 0.621. The Bertz CT molecular complexity index is 503. The van der Waals surface area contributed by atoms with Crippen LogP contribution < -0.4 is 0 Å². The second-order valence-electron chi connectivity index (χ2n) is 4.14. The Hall–Kier alpha value is -0.480. The Kier molecular flexibility index (Phi) is 2.94. The molecule has 4 heteroatoms. The van der Waals surface area contributed by atoms with Gasteiger partial charge in [-0.25, -0.2) is 4.98 Å². The Morgan fingerprint density at radius 2 is 2.44 bits per heavy atom. The van der Waals surface area contributed by atoms with Gasteiger partial charge in [0.2, 0.25) is 0 Å². The lowest BCUT2D eigenvalue weighted by Crippen LogP contribution is -2.11. The number of nitrogens with zero attached hydrogens (tertiary/aromatic N) is 2. The second kappa shape index (κ2) is 4.41. The Labute approximate surface area is 108 Å². The molecule has 0 amide bonds. The van der Waals surface area contributed by atoms with E-state index in [1.807, 2.05) is 18.0 Å². The summed E-state index contributed by atoms with van der Waals surface area (Å²) in [6.07, 6.45) is 6.68. The van der Waals surface area contributed by atoms with Gasteiger partial charge < -0.3 is 4.40 Å². The number of aromatic nitrogens is 2. The Morgan fingerprint density at radius 3 is 3.25 bits per heavy atom. The highest BCUT2D eigenvalue weighted by Gasteiger charge is 2.20. The molecular weight excluding hydrogens is 284 g/mol. The molecule has 0 bridgehead atoms. The first kappa shape index (κ1) is 10.7. The van der Waals surface area contributed by atoms with E-state index < -0.39 is 0 Å². The standard InChI is InChI=1S/C12H13BrN2S/c13-10-4-1-5-15-11(10)7-14-12(15)9-3-2-6-16-8-9/h1,4-5,7,9H,2-3,6,8H2. The lowest BCUT2D eigenvalue weighted by atomic mass is 10.1. The van der Waals surface area contributed by atoms with Crippen LogP contribution in [0.25, 0.3) is 5.52 Å². The average molecular weight is 297 g/mol. The summed E-state index contributed by atoms with van der Waals surface area (Å²) < 4.78 is 3.35. The maximum absolute atomic E-state index is 4.60. The van der Waals surface area contributed by atoms with Gasteiger partial charge >= 0.3 is 0 Å². The molecule has 16 heavy (non-hydrogen) atoms. The first-order chi connectivity index (χ1) is 7.86. The van der Waals surface area contributed by atoms with Crippen molar-refractivity contribution in [2.45, 2.75) is 18.8 Å². The molecular formula is C12H13BrN2S. The fraction of sp³-hybridized carbons (Fsp3) is 0.417. The van der Waals surface area contributed by atoms with Crippen LogP contribution in [-0.4, -0.2) is 20.9 Å². The third-order valence-electron chi connectivity index (χ3n) is 3.07. The van der Waals surface area contributed by atoms with Crippen LogP contribution in [0, 0.1) is 0 Å². The van der Waals surface area contributed by atoms with Crippen LogP contribution in [0.3, 0.4) is 0 Å². The Balaban J connectivity index is 2.06. The molecule has 84 valence electrons. The molecule has 1 fully saturated rings. The molecule has 1 aliphatic heterocycles. The molecule has 3 rings (SSSR count). The van der Waals surface area contributed by atoms with Crippen molar-refractivity contribution < 1.29 is 0 Å². The number of thioether (sulfide) groups is 1. The summed E-state index contributed by atoms with van der Waals surface area (Å²) in [7, 11) is 0. The highest BCUT2D eigenvalue weighted by atomic mass is 79.9. The van der Waals surface area contributed by atoms with E-state index in [1.54, 1.807) is 0 Å². The van der Waals surface area contributed by atoms with Gasteiger partial charge in [0, 0.05) is 22.3 Å². The van der Waals surface area contributed by atoms with Crippen LogP contribution in [0.2, 0.25) is 0 Å². The van der Waals surface area contributed by atoms with Gasteiger partial charge in [0.1, 0.15) is 5.82 Å². The molecule has 2 aromatic heterocycles. The number of pyridine rings is 1. The van der Waals surface area contributed by atoms with Crippen LogP contribution in [-0.2, 0) is 0 Å². The van der Waals surface area contributed by atoms with Gasteiger partial charge in [0.25, 0.3) is 0 Å². The minimum atomic E-state index is 0.621. The van der Waals surface area contributed by atoms with Crippen molar-refractivity contribution in [1.29, 1.82) is 0 Å². The van der Waals surface area contributed by atoms with Gasteiger partial charge in [0.15, 0.2) is 0 Å². The van der Waals surface area contributed by atoms with Gasteiger partial charge in [-0.2, -0.15) is 11.8 Å². The number of imidazole rings is 1. The Morgan fingerprint density at radius 1 is 1.50 bits per heavy atom. The van der Waals surface area contributed by atoms with E-state index in [9.17, 15) is 0 Å². The fourth-order valence-corrected chi connectivity index (χ4v) is 3.84. The zero-order chi connectivity index (χ0) is 11.0. The van der Waals surface area contributed by atoms with Gasteiger partial charge in [-0.15, -0.1) is 0 Å². The van der Waals surface area contributed by atoms with Crippen molar-refractivity contribution in [3.05, 3.63) is 34.8 Å². The summed E-state index contributed by atoms with van der Waals surface area (Å²) in [6.45, 7) is 0. The molecule has 1 unspecified atom stereocenters. The first-order valence-electron chi connectivity index (χ1n) is 5.55. The van der Waals surface area contributed by atoms with Crippen LogP contribution in [0.15, 0.2) is 29.0 Å². The molecule has 0 radical (unpaired) electrons. The third kappa shape index (κ3) is 1.78.